The average Bonchev–Trinajstić information content (AvgIpc) is 2.68. The van der Waals surface area contributed by atoms with Gasteiger partial charge in [-0.05, 0) is 74.6 Å². The lowest BCUT2D eigenvalue weighted by Gasteiger charge is -2.32. The lowest BCUT2D eigenvalue weighted by atomic mass is 9.99. The Balaban J connectivity index is 1.56. The molecule has 0 saturated carbocycles. The molecule has 144 valence electrons. The first-order valence-corrected chi connectivity index (χ1v) is 10.0. The van der Waals surface area contributed by atoms with E-state index in [2.05, 4.69) is 47.5 Å². The SMILES string of the molecule is CCN(C(=O)CNc1ccc(N2CCC(C)CC2)cc1)c1cccc(C)c1. The summed E-state index contributed by atoms with van der Waals surface area (Å²) in [6.07, 6.45) is 2.53. The third-order valence-electron chi connectivity index (χ3n) is 5.39. The van der Waals surface area contributed by atoms with Gasteiger partial charge in [0.25, 0.3) is 0 Å². The van der Waals surface area contributed by atoms with E-state index in [4.69, 9.17) is 0 Å². The van der Waals surface area contributed by atoms with Gasteiger partial charge in [0, 0.05) is 36.7 Å². The van der Waals surface area contributed by atoms with Gasteiger partial charge in [-0.2, -0.15) is 0 Å². The molecule has 0 aromatic heterocycles. The predicted molar refractivity (Wildman–Crippen MR) is 115 cm³/mol. The van der Waals surface area contributed by atoms with Crippen LogP contribution in [0, 0.1) is 12.8 Å². The van der Waals surface area contributed by atoms with E-state index in [-0.39, 0.29) is 5.91 Å². The zero-order chi connectivity index (χ0) is 19.2. The van der Waals surface area contributed by atoms with Gasteiger partial charge < -0.3 is 15.1 Å². The molecule has 1 aliphatic rings. The number of aryl methyl sites for hydroxylation is 1. The molecular formula is C23H31N3O. The molecule has 1 amide bonds. The van der Waals surface area contributed by atoms with E-state index >= 15 is 0 Å². The van der Waals surface area contributed by atoms with Gasteiger partial charge in [0.2, 0.25) is 5.91 Å². The van der Waals surface area contributed by atoms with Crippen LogP contribution in [0.4, 0.5) is 17.1 Å². The van der Waals surface area contributed by atoms with Crippen LogP contribution in [0.15, 0.2) is 48.5 Å². The lowest BCUT2D eigenvalue weighted by molar-refractivity contribution is -0.116. The summed E-state index contributed by atoms with van der Waals surface area (Å²) >= 11 is 0. The zero-order valence-electron chi connectivity index (χ0n) is 16.7. The molecule has 4 nitrogen and oxygen atoms in total. The minimum Gasteiger partial charge on any atom is -0.376 e. The summed E-state index contributed by atoms with van der Waals surface area (Å²) in [7, 11) is 0. The Hall–Kier alpha value is -2.49. The maximum absolute atomic E-state index is 12.7. The number of nitrogens with one attached hydrogen (secondary N) is 1. The number of nitrogens with zero attached hydrogens (tertiary/aromatic N) is 2. The van der Waals surface area contributed by atoms with E-state index in [0.717, 1.165) is 35.9 Å². The van der Waals surface area contributed by atoms with Crippen molar-refractivity contribution in [3.8, 4) is 0 Å². The van der Waals surface area contributed by atoms with Crippen molar-refractivity contribution in [2.45, 2.75) is 33.6 Å². The highest BCUT2D eigenvalue weighted by Gasteiger charge is 2.16. The fourth-order valence-corrected chi connectivity index (χ4v) is 3.63. The Kier molecular flexibility index (Phi) is 6.38. The van der Waals surface area contributed by atoms with Crippen molar-refractivity contribution in [2.24, 2.45) is 5.92 Å². The Morgan fingerprint density at radius 1 is 1.15 bits per heavy atom. The molecule has 3 rings (SSSR count). The first kappa shape index (κ1) is 19.3. The van der Waals surface area contributed by atoms with Crippen molar-refractivity contribution >= 4 is 23.0 Å². The van der Waals surface area contributed by atoms with Crippen LogP contribution >= 0.6 is 0 Å². The van der Waals surface area contributed by atoms with E-state index < -0.39 is 0 Å². The Bertz CT molecular complexity index is 748. The van der Waals surface area contributed by atoms with Crippen molar-refractivity contribution in [3.05, 3.63) is 54.1 Å². The number of hydrogen-bond acceptors (Lipinski definition) is 3. The minimum atomic E-state index is 0.0807. The Morgan fingerprint density at radius 2 is 1.85 bits per heavy atom. The maximum atomic E-state index is 12.7. The number of carbonyl (C=O) groups excluding carboxylic acids is 1. The quantitative estimate of drug-likeness (QED) is 0.806. The number of amides is 1. The molecule has 1 N–H and O–H groups in total. The number of rotatable bonds is 6. The largest absolute Gasteiger partial charge is 0.376 e. The second-order valence-electron chi connectivity index (χ2n) is 7.55. The van der Waals surface area contributed by atoms with Gasteiger partial charge in [-0.25, -0.2) is 0 Å². The molecule has 1 saturated heterocycles. The van der Waals surface area contributed by atoms with Crippen LogP contribution in [-0.4, -0.2) is 32.1 Å². The highest BCUT2D eigenvalue weighted by atomic mass is 16.2. The highest BCUT2D eigenvalue weighted by molar-refractivity contribution is 5.96. The second-order valence-corrected chi connectivity index (χ2v) is 7.55. The fourth-order valence-electron chi connectivity index (χ4n) is 3.63. The number of hydrogen-bond donors (Lipinski definition) is 1. The number of carbonyl (C=O) groups is 1. The van der Waals surface area contributed by atoms with Crippen molar-refractivity contribution < 1.29 is 4.79 Å². The Labute approximate surface area is 163 Å². The summed E-state index contributed by atoms with van der Waals surface area (Å²) in [5.41, 5.74) is 4.37. The zero-order valence-corrected chi connectivity index (χ0v) is 16.7. The summed E-state index contributed by atoms with van der Waals surface area (Å²) in [5.74, 6) is 0.917. The number of likely N-dealkylation sites (N-methyl/N-ethyl adjacent to an activating group) is 1. The molecule has 0 bridgehead atoms. The van der Waals surface area contributed by atoms with Crippen LogP contribution in [0.5, 0.6) is 0 Å². The molecular weight excluding hydrogens is 334 g/mol. The van der Waals surface area contributed by atoms with Crippen molar-refractivity contribution in [1.29, 1.82) is 0 Å². The minimum absolute atomic E-state index is 0.0807. The molecule has 27 heavy (non-hydrogen) atoms. The second kappa shape index (κ2) is 8.94. The molecule has 0 aliphatic carbocycles. The molecule has 0 atom stereocenters. The molecule has 1 fully saturated rings. The Morgan fingerprint density at radius 3 is 2.48 bits per heavy atom. The lowest BCUT2D eigenvalue weighted by Crippen LogP contribution is -2.35. The maximum Gasteiger partial charge on any atom is 0.246 e. The average molecular weight is 366 g/mol. The van der Waals surface area contributed by atoms with Gasteiger partial charge in [-0.3, -0.25) is 4.79 Å². The summed E-state index contributed by atoms with van der Waals surface area (Å²) < 4.78 is 0. The standard InChI is InChI=1S/C23H31N3O/c1-4-26(22-7-5-6-19(3)16-22)23(27)17-24-20-8-10-21(11-9-20)25-14-12-18(2)13-15-25/h5-11,16,18,24H,4,12-15,17H2,1-3H3. The molecule has 0 spiro atoms. The topological polar surface area (TPSA) is 35.6 Å². The molecule has 0 unspecified atom stereocenters. The van der Waals surface area contributed by atoms with Crippen LogP contribution in [0.3, 0.4) is 0 Å². The van der Waals surface area contributed by atoms with Gasteiger partial charge in [-0.1, -0.05) is 19.1 Å². The van der Waals surface area contributed by atoms with Crippen LogP contribution < -0.4 is 15.1 Å². The summed E-state index contributed by atoms with van der Waals surface area (Å²) in [4.78, 5) is 16.9. The van der Waals surface area contributed by atoms with Crippen LogP contribution in [-0.2, 0) is 4.79 Å². The number of piperidine rings is 1. The summed E-state index contributed by atoms with van der Waals surface area (Å²) in [6.45, 7) is 9.61. The molecule has 1 heterocycles. The van der Waals surface area contributed by atoms with Crippen molar-refractivity contribution in [1.82, 2.24) is 0 Å². The monoisotopic (exact) mass is 365 g/mol. The van der Waals surface area contributed by atoms with Crippen LogP contribution in [0.1, 0.15) is 32.3 Å². The molecule has 4 heteroatoms. The number of anilines is 3. The van der Waals surface area contributed by atoms with Crippen molar-refractivity contribution in [3.63, 3.8) is 0 Å². The van der Waals surface area contributed by atoms with Gasteiger partial charge in [-0.15, -0.1) is 0 Å². The summed E-state index contributed by atoms with van der Waals surface area (Å²) in [5, 5.41) is 3.27. The van der Waals surface area contributed by atoms with E-state index in [9.17, 15) is 4.79 Å². The van der Waals surface area contributed by atoms with Crippen molar-refractivity contribution in [2.75, 3.05) is 41.3 Å². The van der Waals surface area contributed by atoms with E-state index in [0.29, 0.717) is 13.1 Å². The van der Waals surface area contributed by atoms with Gasteiger partial charge in [0.1, 0.15) is 0 Å². The van der Waals surface area contributed by atoms with Gasteiger partial charge >= 0.3 is 0 Å². The van der Waals surface area contributed by atoms with Gasteiger partial charge in [0.15, 0.2) is 0 Å². The smallest absolute Gasteiger partial charge is 0.246 e. The fraction of sp³-hybridized carbons (Fsp3) is 0.435. The third kappa shape index (κ3) is 5.03. The normalized spacial score (nSPS) is 14.9. The van der Waals surface area contributed by atoms with Crippen LogP contribution in [0.2, 0.25) is 0 Å². The van der Waals surface area contributed by atoms with E-state index in [1.807, 2.05) is 36.9 Å². The third-order valence-corrected chi connectivity index (χ3v) is 5.39. The first-order valence-electron chi connectivity index (χ1n) is 10.0. The van der Waals surface area contributed by atoms with E-state index in [1.54, 1.807) is 0 Å². The molecule has 2 aromatic rings. The predicted octanol–water partition coefficient (Wildman–Crippen LogP) is 4.70. The number of benzene rings is 2. The molecule has 1 aliphatic heterocycles. The highest BCUT2D eigenvalue weighted by Crippen LogP contribution is 2.24. The van der Waals surface area contributed by atoms with E-state index in [1.165, 1.54) is 18.5 Å². The first-order chi connectivity index (χ1) is 13.1. The van der Waals surface area contributed by atoms with Gasteiger partial charge in [0.05, 0.1) is 6.54 Å². The molecule has 2 aromatic carbocycles. The molecule has 0 radical (unpaired) electrons. The van der Waals surface area contributed by atoms with Crippen LogP contribution in [0.25, 0.3) is 0 Å². The summed E-state index contributed by atoms with van der Waals surface area (Å²) in [6, 6.07) is 16.5.